The van der Waals surface area contributed by atoms with Crippen LogP contribution in [0.15, 0.2) is 48.5 Å². The number of hydrogen-bond donors (Lipinski definition) is 0. The molecule has 0 aromatic heterocycles. The van der Waals surface area contributed by atoms with E-state index >= 15 is 0 Å². The quantitative estimate of drug-likeness (QED) is 0.357. The molecule has 0 unspecified atom stereocenters. The van der Waals surface area contributed by atoms with Crippen LogP contribution in [0.4, 0.5) is 0 Å². The normalized spacial score (nSPS) is 18.9. The topological polar surface area (TPSA) is 55.4 Å². The average molecular weight is 473 g/mol. The van der Waals surface area contributed by atoms with Crippen molar-refractivity contribution in [3.05, 3.63) is 59.7 Å². The van der Waals surface area contributed by atoms with Crippen LogP contribution in [0, 0.1) is 11.8 Å². The lowest BCUT2D eigenvalue weighted by molar-refractivity contribution is -0.219. The molecule has 1 saturated carbocycles. The summed E-state index contributed by atoms with van der Waals surface area (Å²) in [6, 6.07) is 16.6. The Morgan fingerprint density at radius 3 is 1.56 bits per heavy atom. The van der Waals surface area contributed by atoms with Crippen LogP contribution in [0.5, 0.6) is 11.5 Å². The Balaban J connectivity index is 1.51. The fourth-order valence-electron chi connectivity index (χ4n) is 4.93. The Morgan fingerprint density at radius 1 is 0.676 bits per heavy atom. The average Bonchev–Trinajstić information content (AvgIpc) is 2.87. The highest BCUT2D eigenvalue weighted by molar-refractivity contribution is 5.32. The first kappa shape index (κ1) is 26.5. The molecule has 0 N–H and O–H groups in total. The molecule has 2 aromatic rings. The maximum atomic E-state index is 5.67. The van der Waals surface area contributed by atoms with E-state index < -0.39 is 13.0 Å². The molecule has 0 radical (unpaired) electrons. The Kier molecular flexibility index (Phi) is 9.77. The summed E-state index contributed by atoms with van der Waals surface area (Å²) < 4.78 is 31.7. The highest BCUT2D eigenvalue weighted by Gasteiger charge is 2.34. The van der Waals surface area contributed by atoms with Gasteiger partial charge in [-0.3, -0.25) is 0 Å². The molecule has 0 aliphatic heterocycles. The second-order valence-corrected chi connectivity index (χ2v) is 9.57. The molecule has 0 heterocycles. The fraction of sp³-hybridized carbons (Fsp3) is 0.571. The molecule has 0 spiro atoms. The van der Waals surface area contributed by atoms with E-state index in [9.17, 15) is 0 Å². The molecule has 0 amide bonds. The summed E-state index contributed by atoms with van der Waals surface area (Å²) in [5.74, 6) is 2.88. The van der Waals surface area contributed by atoms with Crippen LogP contribution in [-0.2, 0) is 30.8 Å². The Hall–Kier alpha value is -2.12. The highest BCUT2D eigenvalue weighted by Crippen LogP contribution is 2.43. The van der Waals surface area contributed by atoms with Crippen LogP contribution in [0.3, 0.4) is 0 Å². The number of methoxy groups -OCH3 is 4. The van der Waals surface area contributed by atoms with Crippen molar-refractivity contribution in [2.24, 2.45) is 11.8 Å². The first-order valence-corrected chi connectivity index (χ1v) is 12.0. The molecular formula is C28H40O6. The summed E-state index contributed by atoms with van der Waals surface area (Å²) in [5.41, 5.74) is 2.81. The second kappa shape index (κ2) is 12.5. The summed E-state index contributed by atoms with van der Waals surface area (Å²) >= 11 is 0. The number of ether oxygens (including phenoxy) is 6. The predicted molar refractivity (Wildman–Crippen MR) is 132 cm³/mol. The van der Waals surface area contributed by atoms with Gasteiger partial charge in [-0.15, -0.1) is 0 Å². The first-order chi connectivity index (χ1) is 16.4. The van der Waals surface area contributed by atoms with Gasteiger partial charge in [0.1, 0.15) is 11.5 Å². The molecule has 1 aliphatic rings. The molecule has 2 aromatic carbocycles. The van der Waals surface area contributed by atoms with Gasteiger partial charge in [-0.05, 0) is 84.7 Å². The first-order valence-electron chi connectivity index (χ1n) is 12.0. The Bertz CT molecular complexity index is 832. The summed E-state index contributed by atoms with van der Waals surface area (Å²) in [5, 5.41) is 0. The maximum absolute atomic E-state index is 5.67. The molecule has 6 heteroatoms. The number of benzene rings is 2. The molecule has 0 atom stereocenters. The van der Waals surface area contributed by atoms with Crippen LogP contribution in [-0.4, -0.2) is 41.4 Å². The van der Waals surface area contributed by atoms with Gasteiger partial charge in [-0.2, -0.15) is 0 Å². The third-order valence-electron chi connectivity index (χ3n) is 7.15. The SMILES string of the molecule is COC(OC)Oc1ccc(CC2CCC(C(C)(C)c3ccc(OC(OC)OC)cc3)CC2)cc1. The number of rotatable bonds is 12. The lowest BCUT2D eigenvalue weighted by Crippen LogP contribution is -2.32. The minimum atomic E-state index is -0.689. The van der Waals surface area contributed by atoms with Crippen molar-refractivity contribution in [1.29, 1.82) is 0 Å². The largest absolute Gasteiger partial charge is 0.441 e. The van der Waals surface area contributed by atoms with Crippen LogP contribution in [0.1, 0.15) is 50.7 Å². The van der Waals surface area contributed by atoms with Crippen LogP contribution >= 0.6 is 0 Å². The third kappa shape index (κ3) is 6.95. The molecule has 0 bridgehead atoms. The van der Waals surface area contributed by atoms with E-state index in [-0.39, 0.29) is 5.41 Å². The molecule has 0 saturated heterocycles. The van der Waals surface area contributed by atoms with E-state index in [1.807, 2.05) is 24.3 Å². The van der Waals surface area contributed by atoms with Gasteiger partial charge in [0.2, 0.25) is 0 Å². The smallest absolute Gasteiger partial charge is 0.315 e. The zero-order valence-corrected chi connectivity index (χ0v) is 21.4. The minimum absolute atomic E-state index is 0.115. The van der Waals surface area contributed by atoms with Gasteiger partial charge in [-0.25, -0.2) is 0 Å². The van der Waals surface area contributed by atoms with Gasteiger partial charge in [0.25, 0.3) is 0 Å². The van der Waals surface area contributed by atoms with E-state index in [0.29, 0.717) is 5.92 Å². The molecular weight excluding hydrogens is 432 g/mol. The molecule has 1 fully saturated rings. The van der Waals surface area contributed by atoms with Crippen molar-refractivity contribution in [1.82, 2.24) is 0 Å². The standard InChI is InChI=1S/C28H40O6/c1-28(2,23-13-17-25(18-14-23)34-27(31-5)32-6)22-11-7-20(8-12-22)19-21-9-15-24(16-10-21)33-26(29-3)30-4/h9-10,13-18,20,22,26-27H,7-8,11-12,19H2,1-6H3. The van der Waals surface area contributed by atoms with Gasteiger partial charge in [-0.1, -0.05) is 38.1 Å². The van der Waals surface area contributed by atoms with E-state index in [1.54, 1.807) is 28.4 Å². The van der Waals surface area contributed by atoms with Crippen molar-refractivity contribution in [3.8, 4) is 11.5 Å². The van der Waals surface area contributed by atoms with Gasteiger partial charge < -0.3 is 28.4 Å². The zero-order chi connectivity index (χ0) is 24.6. The lowest BCUT2D eigenvalue weighted by Gasteiger charge is -2.40. The summed E-state index contributed by atoms with van der Waals surface area (Å²) in [6.07, 6.45) is 6.11. The van der Waals surface area contributed by atoms with Crippen molar-refractivity contribution < 1.29 is 28.4 Å². The van der Waals surface area contributed by atoms with Crippen LogP contribution in [0.25, 0.3) is 0 Å². The predicted octanol–water partition coefficient (Wildman–Crippen LogP) is 5.92. The summed E-state index contributed by atoms with van der Waals surface area (Å²) in [4.78, 5) is 0. The maximum Gasteiger partial charge on any atom is 0.315 e. The van der Waals surface area contributed by atoms with E-state index in [2.05, 4.69) is 38.1 Å². The molecule has 1 aliphatic carbocycles. The highest BCUT2D eigenvalue weighted by atomic mass is 16.8. The number of hydrogen-bond acceptors (Lipinski definition) is 6. The third-order valence-corrected chi connectivity index (χ3v) is 7.15. The van der Waals surface area contributed by atoms with Gasteiger partial charge in [0.15, 0.2) is 0 Å². The van der Waals surface area contributed by atoms with Crippen molar-refractivity contribution in [2.45, 2.75) is 64.3 Å². The zero-order valence-electron chi connectivity index (χ0n) is 21.4. The molecule has 188 valence electrons. The van der Waals surface area contributed by atoms with Gasteiger partial charge in [0.05, 0.1) is 0 Å². The van der Waals surface area contributed by atoms with Crippen LogP contribution in [0.2, 0.25) is 0 Å². The van der Waals surface area contributed by atoms with E-state index in [4.69, 9.17) is 28.4 Å². The van der Waals surface area contributed by atoms with Gasteiger partial charge >= 0.3 is 13.0 Å². The van der Waals surface area contributed by atoms with Gasteiger partial charge in [0, 0.05) is 28.4 Å². The van der Waals surface area contributed by atoms with Crippen molar-refractivity contribution in [2.75, 3.05) is 28.4 Å². The molecule has 6 nitrogen and oxygen atoms in total. The second-order valence-electron chi connectivity index (χ2n) is 9.57. The summed E-state index contributed by atoms with van der Waals surface area (Å²) in [7, 11) is 6.24. The van der Waals surface area contributed by atoms with E-state index in [0.717, 1.165) is 23.8 Å². The molecule has 34 heavy (non-hydrogen) atoms. The fourth-order valence-corrected chi connectivity index (χ4v) is 4.93. The van der Waals surface area contributed by atoms with Crippen molar-refractivity contribution >= 4 is 0 Å². The Morgan fingerprint density at radius 2 is 1.12 bits per heavy atom. The van der Waals surface area contributed by atoms with Crippen molar-refractivity contribution in [3.63, 3.8) is 0 Å². The Labute approximate surface area is 204 Å². The molecule has 3 rings (SSSR count). The minimum Gasteiger partial charge on any atom is -0.441 e. The monoisotopic (exact) mass is 472 g/mol. The van der Waals surface area contributed by atoms with E-state index in [1.165, 1.54) is 36.8 Å². The lowest BCUT2D eigenvalue weighted by atomic mass is 9.65. The van der Waals surface area contributed by atoms with Crippen LogP contribution < -0.4 is 9.47 Å². The summed E-state index contributed by atoms with van der Waals surface area (Å²) in [6.45, 7) is 3.37.